The van der Waals surface area contributed by atoms with Gasteiger partial charge in [0.2, 0.25) is 0 Å². The number of hydrogen-bond acceptors (Lipinski definition) is 8. The third kappa shape index (κ3) is 11.2. The molecule has 6 aliphatic rings. The van der Waals surface area contributed by atoms with Crippen LogP contribution in [-0.4, -0.2) is 23.6 Å². The molecule has 0 aromatic heterocycles. The Hall–Kier alpha value is -9.80. The first kappa shape index (κ1) is 64.2. The summed E-state index contributed by atoms with van der Waals surface area (Å²) in [6, 6.07) is 52.2. The van der Waals surface area contributed by atoms with E-state index in [1.807, 2.05) is 109 Å². The van der Waals surface area contributed by atoms with Gasteiger partial charge in [-0.15, -0.1) is 0 Å². The topological polar surface area (TPSA) is 112 Å². The minimum absolute atomic E-state index is 0.0614. The van der Waals surface area contributed by atoms with Crippen LogP contribution in [0.1, 0.15) is 242 Å². The second-order valence-electron chi connectivity index (χ2n) is 28.9. The summed E-state index contributed by atoms with van der Waals surface area (Å²) in [5.41, 5.74) is 9.72. The molecule has 6 heterocycles. The lowest BCUT2D eigenvalue weighted by Gasteiger charge is -2.35. The normalized spacial score (nSPS) is 15.8. The molecule has 4 amide bonds. The fraction of sp³-hybridized carbons (Fsp3) is 0.318. The maximum atomic E-state index is 16.7. The van der Waals surface area contributed by atoms with Crippen LogP contribution in [0, 0.1) is 0 Å². The lowest BCUT2D eigenvalue weighted by Crippen LogP contribution is -2.42. The molecule has 11 aromatic carbocycles. The van der Waals surface area contributed by atoms with Gasteiger partial charge in [-0.1, -0.05) is 216 Å². The number of anilines is 2. The summed E-state index contributed by atoms with van der Waals surface area (Å²) in [6.07, 6.45) is 15.2. The van der Waals surface area contributed by atoms with Crippen LogP contribution in [0.3, 0.4) is 0 Å². The summed E-state index contributed by atoms with van der Waals surface area (Å²) >= 11 is 0. The molecular weight excluding hydrogens is 1210 g/mol. The molecule has 6 aliphatic heterocycles. The molecule has 98 heavy (non-hydrogen) atoms. The van der Waals surface area contributed by atoms with Gasteiger partial charge in [-0.2, -0.15) is 0 Å². The van der Waals surface area contributed by atoms with Crippen LogP contribution in [0.25, 0.3) is 43.1 Å². The minimum Gasteiger partial charge on any atom is -0.456 e. The summed E-state index contributed by atoms with van der Waals surface area (Å²) in [4.78, 5) is 69.7. The van der Waals surface area contributed by atoms with E-state index < -0.39 is 23.6 Å². The van der Waals surface area contributed by atoms with E-state index >= 15 is 19.2 Å². The number of rotatable bonds is 6. The Balaban J connectivity index is 1.18. The first-order valence-corrected chi connectivity index (χ1v) is 36.1. The standard InChI is InChI=1S/C88H86N2O8/c1-51(2)59-39-29-40-60(52(3)4)83(59)89-85(91)63-47-71-77-80-74-50-66-76-65(87(93)90(88(66)94)84-61(53(5)6)41-30-42-62(84)54(7)8)49-73(97-69-45-27-23-37-57(69)33-19-15-11-9-13-17-31-55-35-21-25-43-67(55)95-71)79(82(76)80)78-72(48-64(86(89)92)75(63)81(77)78)96-68-44-26-22-36-56(68)32-18-14-10-12-16-20-34-58-38-24-28-46-70(58)98-74/h21-30,35-54H,9-20,31-34H2,1-8H3. The molecule has 0 saturated carbocycles. The van der Waals surface area contributed by atoms with Gasteiger partial charge in [-0.3, -0.25) is 19.2 Å². The van der Waals surface area contributed by atoms with Crippen molar-refractivity contribution in [2.45, 2.75) is 182 Å². The quantitative estimate of drug-likeness (QED) is 0.0919. The highest BCUT2D eigenvalue weighted by Crippen LogP contribution is 2.59. The van der Waals surface area contributed by atoms with Crippen molar-refractivity contribution in [1.29, 1.82) is 0 Å². The number of carbonyl (C=O) groups excluding carboxylic acids is 4. The maximum Gasteiger partial charge on any atom is 0.266 e. The van der Waals surface area contributed by atoms with E-state index in [1.165, 1.54) is 9.80 Å². The van der Waals surface area contributed by atoms with Crippen LogP contribution < -0.4 is 28.7 Å². The van der Waals surface area contributed by atoms with Crippen LogP contribution in [0.5, 0.6) is 46.0 Å². The first-order valence-electron chi connectivity index (χ1n) is 36.1. The van der Waals surface area contributed by atoms with Gasteiger partial charge >= 0.3 is 0 Å². The molecule has 10 bridgehead atoms. The second-order valence-corrected chi connectivity index (χ2v) is 28.9. The fourth-order valence-corrected chi connectivity index (χ4v) is 16.2. The molecule has 0 fully saturated rings. The number of benzene rings is 11. The summed E-state index contributed by atoms with van der Waals surface area (Å²) in [5, 5.41) is 3.93. The van der Waals surface area contributed by atoms with Crippen molar-refractivity contribution in [1.82, 2.24) is 0 Å². The van der Waals surface area contributed by atoms with Crippen LogP contribution in [0.2, 0.25) is 0 Å². The monoisotopic (exact) mass is 1300 g/mol. The van der Waals surface area contributed by atoms with Crippen LogP contribution in [0.15, 0.2) is 158 Å². The molecule has 10 heteroatoms. The Morgan fingerprint density at radius 3 is 0.714 bits per heavy atom. The third-order valence-electron chi connectivity index (χ3n) is 21.1. The van der Waals surface area contributed by atoms with E-state index in [0.717, 1.165) is 147 Å². The molecular formula is C88H86N2O8. The van der Waals surface area contributed by atoms with E-state index in [0.29, 0.717) is 100 Å². The summed E-state index contributed by atoms with van der Waals surface area (Å²) < 4.78 is 30.9. The largest absolute Gasteiger partial charge is 0.456 e. The Morgan fingerprint density at radius 1 is 0.255 bits per heavy atom. The molecule has 0 spiro atoms. The second kappa shape index (κ2) is 26.6. The van der Waals surface area contributed by atoms with Gasteiger partial charge in [0.15, 0.2) is 0 Å². The third-order valence-corrected chi connectivity index (χ3v) is 21.1. The summed E-state index contributed by atoms with van der Waals surface area (Å²) in [5.74, 6) is 1.55. The highest BCUT2D eigenvalue weighted by Gasteiger charge is 2.44. The van der Waals surface area contributed by atoms with Crippen molar-refractivity contribution in [3.8, 4) is 46.0 Å². The van der Waals surface area contributed by atoms with E-state index in [1.54, 1.807) is 0 Å². The predicted molar refractivity (Wildman–Crippen MR) is 395 cm³/mol. The van der Waals surface area contributed by atoms with Crippen molar-refractivity contribution in [2.24, 2.45) is 0 Å². The Kier molecular flexibility index (Phi) is 17.4. The lowest BCUT2D eigenvalue weighted by molar-refractivity contribution is 0.0877. The maximum absolute atomic E-state index is 16.7. The van der Waals surface area contributed by atoms with E-state index in [-0.39, 0.29) is 45.9 Å². The summed E-state index contributed by atoms with van der Waals surface area (Å²) in [6.45, 7) is 16.8. The van der Waals surface area contributed by atoms with Gasteiger partial charge in [0.1, 0.15) is 46.0 Å². The predicted octanol–water partition coefficient (Wildman–Crippen LogP) is 23.9. The Morgan fingerprint density at radius 2 is 0.480 bits per heavy atom. The van der Waals surface area contributed by atoms with Crippen molar-refractivity contribution < 1.29 is 38.1 Å². The number of carbonyl (C=O) groups is 4. The van der Waals surface area contributed by atoms with Gasteiger partial charge in [0.25, 0.3) is 23.6 Å². The number of aryl methyl sites for hydroxylation is 4. The number of amides is 4. The van der Waals surface area contributed by atoms with Gasteiger partial charge in [0, 0.05) is 43.1 Å². The molecule has 0 unspecified atom stereocenters. The molecule has 0 saturated heterocycles. The van der Waals surface area contributed by atoms with Crippen molar-refractivity contribution in [3.63, 3.8) is 0 Å². The Labute approximate surface area is 575 Å². The molecule has 0 N–H and O–H groups in total. The average molecular weight is 1300 g/mol. The number of ether oxygens (including phenoxy) is 4. The molecule has 10 nitrogen and oxygen atoms in total. The molecule has 0 aliphatic carbocycles. The SMILES string of the molecule is CC(C)c1cccc(C(C)C)c1N1C(=O)c2cc3c4c5c6cc7c8c(cc(c(c9c(cc(c2c49)C1=O)Oc1ccccc1CCCCCCCCc1ccccc1O6)c85)Oc1ccccc1CCCCCCCCc1ccccc1O3)C(=O)N(c1c(C(C)C)cccc1C(C)C)C7=O. The molecule has 496 valence electrons. The van der Waals surface area contributed by atoms with Crippen molar-refractivity contribution in [2.75, 3.05) is 9.80 Å². The number of imide groups is 2. The van der Waals surface area contributed by atoms with Gasteiger partial charge < -0.3 is 18.9 Å². The molecule has 0 radical (unpaired) electrons. The van der Waals surface area contributed by atoms with Gasteiger partial charge in [-0.05, 0) is 168 Å². The van der Waals surface area contributed by atoms with Crippen LogP contribution in [0.4, 0.5) is 11.4 Å². The Bertz CT molecular complexity index is 4410. The number of hydrogen-bond donors (Lipinski definition) is 0. The number of para-hydroxylation sites is 6. The van der Waals surface area contributed by atoms with Gasteiger partial charge in [-0.25, -0.2) is 9.80 Å². The van der Waals surface area contributed by atoms with Crippen molar-refractivity contribution >= 4 is 78.1 Å². The average Bonchev–Trinajstić information content (AvgIpc) is 0.670. The number of nitrogens with zero attached hydrogens (tertiary/aromatic N) is 2. The van der Waals surface area contributed by atoms with Gasteiger partial charge in [0.05, 0.1) is 33.6 Å². The molecule has 0 atom stereocenters. The highest BCUT2D eigenvalue weighted by molar-refractivity contribution is 6.48. The highest BCUT2D eigenvalue weighted by atomic mass is 16.5. The fourth-order valence-electron chi connectivity index (χ4n) is 16.2. The van der Waals surface area contributed by atoms with E-state index in [4.69, 9.17) is 18.9 Å². The summed E-state index contributed by atoms with van der Waals surface area (Å²) in [7, 11) is 0. The smallest absolute Gasteiger partial charge is 0.266 e. The first-order chi connectivity index (χ1) is 47.7. The zero-order valence-corrected chi connectivity index (χ0v) is 57.8. The molecule has 17 rings (SSSR count). The van der Waals surface area contributed by atoms with Crippen LogP contribution in [-0.2, 0) is 25.7 Å². The zero-order chi connectivity index (χ0) is 67.6. The molecule has 11 aromatic rings. The van der Waals surface area contributed by atoms with Crippen molar-refractivity contribution in [3.05, 3.63) is 224 Å². The van der Waals surface area contributed by atoms with E-state index in [9.17, 15) is 0 Å². The van der Waals surface area contributed by atoms with Crippen LogP contribution >= 0.6 is 0 Å². The minimum atomic E-state index is -0.492. The van der Waals surface area contributed by atoms with E-state index in [2.05, 4.69) is 104 Å². The lowest BCUT2D eigenvalue weighted by atomic mass is 9.80. The zero-order valence-electron chi connectivity index (χ0n) is 57.8. The number of fused-ring (bicyclic) bond motifs is 14.